The largest absolute Gasteiger partial charge is 0.496 e. The highest BCUT2D eigenvalue weighted by atomic mass is 16.5. The van der Waals surface area contributed by atoms with E-state index < -0.39 is 0 Å². The van der Waals surface area contributed by atoms with Crippen molar-refractivity contribution in [1.82, 2.24) is 9.88 Å². The molecule has 0 unspecified atom stereocenters. The van der Waals surface area contributed by atoms with Gasteiger partial charge in [0.15, 0.2) is 0 Å². The molecule has 0 aliphatic carbocycles. The molecule has 0 aliphatic heterocycles. The second-order valence-electron chi connectivity index (χ2n) is 5.73. The van der Waals surface area contributed by atoms with Gasteiger partial charge in [0.1, 0.15) is 5.75 Å². The van der Waals surface area contributed by atoms with E-state index in [1.165, 1.54) is 18.7 Å². The number of nitrogens with one attached hydrogen (secondary N) is 1. The summed E-state index contributed by atoms with van der Waals surface area (Å²) in [5.74, 6) is 0.419. The van der Waals surface area contributed by atoms with Crippen LogP contribution < -0.4 is 15.6 Å². The Balaban J connectivity index is 1.94. The van der Waals surface area contributed by atoms with Crippen LogP contribution in [0, 0.1) is 6.92 Å². The van der Waals surface area contributed by atoms with Gasteiger partial charge in [0, 0.05) is 30.4 Å². The van der Waals surface area contributed by atoms with Gasteiger partial charge in [0.05, 0.1) is 7.11 Å². The fraction of sp³-hybridized carbons (Fsp3) is 0.368. The number of hydrogen-bond acceptors (Lipinski definition) is 3. The van der Waals surface area contributed by atoms with E-state index in [4.69, 9.17) is 4.74 Å². The lowest BCUT2D eigenvalue weighted by molar-refractivity contribution is 0.0952. The molecule has 1 heterocycles. The number of nitrogens with zero attached hydrogens (tertiary/aromatic N) is 1. The third kappa shape index (κ3) is 4.47. The summed E-state index contributed by atoms with van der Waals surface area (Å²) in [5, 5.41) is 2.85. The third-order valence-electron chi connectivity index (χ3n) is 3.92. The molecule has 1 N–H and O–H groups in total. The SMILES string of the molecule is CCCc1ccc(C(=O)NCCn2c(C)cc(OC)cc2=O)cc1. The van der Waals surface area contributed by atoms with Crippen molar-refractivity contribution in [3.05, 3.63) is 63.6 Å². The Bertz CT molecular complexity index is 748. The second-order valence-corrected chi connectivity index (χ2v) is 5.73. The van der Waals surface area contributed by atoms with Crippen LogP contribution in [0.4, 0.5) is 0 Å². The first-order valence-corrected chi connectivity index (χ1v) is 8.17. The van der Waals surface area contributed by atoms with Crippen LogP contribution in [0.3, 0.4) is 0 Å². The molecule has 0 bridgehead atoms. The normalized spacial score (nSPS) is 10.5. The molecule has 24 heavy (non-hydrogen) atoms. The molecule has 0 saturated heterocycles. The predicted molar refractivity (Wildman–Crippen MR) is 94.8 cm³/mol. The van der Waals surface area contributed by atoms with Gasteiger partial charge in [0.2, 0.25) is 0 Å². The number of benzene rings is 1. The molecule has 1 amide bonds. The zero-order chi connectivity index (χ0) is 17.5. The second kappa shape index (κ2) is 8.34. The number of rotatable bonds is 7. The number of aryl methyl sites for hydroxylation is 2. The Morgan fingerprint density at radius 3 is 2.50 bits per heavy atom. The summed E-state index contributed by atoms with van der Waals surface area (Å²) in [4.78, 5) is 24.2. The van der Waals surface area contributed by atoms with E-state index in [1.807, 2.05) is 31.2 Å². The van der Waals surface area contributed by atoms with Crippen LogP contribution in [-0.4, -0.2) is 24.1 Å². The maximum absolute atomic E-state index is 12.2. The molecule has 2 aromatic rings. The summed E-state index contributed by atoms with van der Waals surface area (Å²) in [5.41, 5.74) is 2.53. The Kier molecular flexibility index (Phi) is 6.18. The summed E-state index contributed by atoms with van der Waals surface area (Å²) in [6, 6.07) is 10.9. The molecule has 0 radical (unpaired) electrons. The highest BCUT2D eigenvalue weighted by Gasteiger charge is 2.07. The highest BCUT2D eigenvalue weighted by molar-refractivity contribution is 5.94. The first-order valence-electron chi connectivity index (χ1n) is 8.17. The van der Waals surface area contributed by atoms with Crippen molar-refractivity contribution in [2.24, 2.45) is 0 Å². The summed E-state index contributed by atoms with van der Waals surface area (Å²) in [6.45, 7) is 4.79. The van der Waals surface area contributed by atoms with Crippen molar-refractivity contribution in [3.63, 3.8) is 0 Å². The van der Waals surface area contributed by atoms with Crippen LogP contribution in [-0.2, 0) is 13.0 Å². The van der Waals surface area contributed by atoms with Crippen LogP contribution in [0.25, 0.3) is 0 Å². The molecule has 128 valence electrons. The molecular weight excluding hydrogens is 304 g/mol. The average Bonchev–Trinajstić information content (AvgIpc) is 2.57. The Labute approximate surface area is 142 Å². The fourth-order valence-corrected chi connectivity index (χ4v) is 2.60. The van der Waals surface area contributed by atoms with E-state index in [-0.39, 0.29) is 11.5 Å². The van der Waals surface area contributed by atoms with Crippen molar-refractivity contribution in [2.75, 3.05) is 13.7 Å². The first kappa shape index (κ1) is 17.8. The molecule has 5 nitrogen and oxygen atoms in total. The van der Waals surface area contributed by atoms with Crippen LogP contribution in [0.15, 0.2) is 41.2 Å². The van der Waals surface area contributed by atoms with Gasteiger partial charge in [-0.25, -0.2) is 0 Å². The number of amides is 1. The van der Waals surface area contributed by atoms with Crippen molar-refractivity contribution >= 4 is 5.91 Å². The molecule has 0 aliphatic rings. The molecule has 0 spiro atoms. The fourth-order valence-electron chi connectivity index (χ4n) is 2.60. The molecule has 0 atom stereocenters. The zero-order valence-electron chi connectivity index (χ0n) is 14.5. The molecule has 0 saturated carbocycles. The summed E-state index contributed by atoms with van der Waals surface area (Å²) in [7, 11) is 1.53. The minimum Gasteiger partial charge on any atom is -0.496 e. The molecule has 1 aromatic carbocycles. The van der Waals surface area contributed by atoms with Crippen molar-refractivity contribution in [2.45, 2.75) is 33.2 Å². The number of carbonyl (C=O) groups excluding carboxylic acids is 1. The van der Waals surface area contributed by atoms with Gasteiger partial charge in [-0.15, -0.1) is 0 Å². The van der Waals surface area contributed by atoms with Crippen molar-refractivity contribution in [1.29, 1.82) is 0 Å². The third-order valence-corrected chi connectivity index (χ3v) is 3.92. The summed E-state index contributed by atoms with van der Waals surface area (Å²) < 4.78 is 6.69. The molecular formula is C19H24N2O3. The number of hydrogen-bond donors (Lipinski definition) is 1. The van der Waals surface area contributed by atoms with E-state index in [9.17, 15) is 9.59 Å². The highest BCUT2D eigenvalue weighted by Crippen LogP contribution is 2.09. The number of pyridine rings is 1. The lowest BCUT2D eigenvalue weighted by Gasteiger charge is -2.12. The van der Waals surface area contributed by atoms with Crippen molar-refractivity contribution < 1.29 is 9.53 Å². The van der Waals surface area contributed by atoms with Gasteiger partial charge in [-0.1, -0.05) is 25.5 Å². The quantitative estimate of drug-likeness (QED) is 0.850. The van der Waals surface area contributed by atoms with E-state index in [0.29, 0.717) is 24.4 Å². The Morgan fingerprint density at radius 1 is 1.21 bits per heavy atom. The summed E-state index contributed by atoms with van der Waals surface area (Å²) in [6.07, 6.45) is 2.10. The molecule has 1 aromatic heterocycles. The van der Waals surface area contributed by atoms with Crippen LogP contribution >= 0.6 is 0 Å². The summed E-state index contributed by atoms with van der Waals surface area (Å²) >= 11 is 0. The number of methoxy groups -OCH3 is 1. The van der Waals surface area contributed by atoms with Crippen molar-refractivity contribution in [3.8, 4) is 5.75 Å². The van der Waals surface area contributed by atoms with Gasteiger partial charge >= 0.3 is 0 Å². The Hall–Kier alpha value is -2.56. The van der Waals surface area contributed by atoms with Crippen LogP contribution in [0.1, 0.15) is 35.0 Å². The van der Waals surface area contributed by atoms with E-state index in [1.54, 1.807) is 10.6 Å². The van der Waals surface area contributed by atoms with Gasteiger partial charge in [-0.3, -0.25) is 9.59 Å². The first-order chi connectivity index (χ1) is 11.5. The zero-order valence-corrected chi connectivity index (χ0v) is 14.5. The Morgan fingerprint density at radius 2 is 1.92 bits per heavy atom. The van der Waals surface area contributed by atoms with E-state index in [0.717, 1.165) is 18.5 Å². The van der Waals surface area contributed by atoms with Gasteiger partial charge in [0.25, 0.3) is 11.5 Å². The minimum absolute atomic E-state index is 0.128. The van der Waals surface area contributed by atoms with Gasteiger partial charge < -0.3 is 14.6 Å². The lowest BCUT2D eigenvalue weighted by Crippen LogP contribution is -2.31. The standard InChI is InChI=1S/C19H24N2O3/c1-4-5-15-6-8-16(9-7-15)19(23)20-10-11-21-14(2)12-17(24-3)13-18(21)22/h6-9,12-13H,4-5,10-11H2,1-3H3,(H,20,23). The van der Waals surface area contributed by atoms with E-state index in [2.05, 4.69) is 12.2 Å². The van der Waals surface area contributed by atoms with Crippen LogP contribution in [0.5, 0.6) is 5.75 Å². The molecule has 5 heteroatoms. The smallest absolute Gasteiger partial charge is 0.254 e. The van der Waals surface area contributed by atoms with E-state index >= 15 is 0 Å². The van der Waals surface area contributed by atoms with Gasteiger partial charge in [-0.2, -0.15) is 0 Å². The number of aromatic nitrogens is 1. The van der Waals surface area contributed by atoms with Crippen LogP contribution in [0.2, 0.25) is 0 Å². The monoisotopic (exact) mass is 328 g/mol. The number of carbonyl (C=O) groups is 1. The maximum atomic E-state index is 12.2. The topological polar surface area (TPSA) is 60.3 Å². The van der Waals surface area contributed by atoms with Gasteiger partial charge in [-0.05, 0) is 37.1 Å². The molecule has 2 rings (SSSR count). The average molecular weight is 328 g/mol. The lowest BCUT2D eigenvalue weighted by atomic mass is 10.1. The minimum atomic E-state index is -0.134. The maximum Gasteiger partial charge on any atom is 0.254 e. The molecule has 0 fully saturated rings. The predicted octanol–water partition coefficient (Wildman–Crippen LogP) is 2.55. The number of ether oxygens (including phenoxy) is 1.